The van der Waals surface area contributed by atoms with Gasteiger partial charge in [0.1, 0.15) is 0 Å². The summed E-state index contributed by atoms with van der Waals surface area (Å²) in [7, 11) is 0. The Kier molecular flexibility index (Phi) is 10.6. The predicted molar refractivity (Wildman–Crippen MR) is 235 cm³/mol. The molecule has 1 atom stereocenters. The van der Waals surface area contributed by atoms with Crippen molar-refractivity contribution < 1.29 is 9.90 Å². The van der Waals surface area contributed by atoms with E-state index < -0.39 is 37.4 Å². The topological polar surface area (TPSA) is 80.9 Å². The monoisotopic (exact) mass is 827 g/mol. The number of nitrogens with zero attached hydrogens (tertiary/aromatic N) is 4. The van der Waals surface area contributed by atoms with Crippen LogP contribution in [0.3, 0.4) is 0 Å². The predicted octanol–water partition coefficient (Wildman–Crippen LogP) is 9.59. The Morgan fingerprint density at radius 1 is 0.542 bits per heavy atom. The van der Waals surface area contributed by atoms with E-state index in [9.17, 15) is 9.90 Å². The van der Waals surface area contributed by atoms with E-state index in [1.807, 2.05) is 53.2 Å². The van der Waals surface area contributed by atoms with Gasteiger partial charge in [-0.1, -0.05) is 0 Å². The summed E-state index contributed by atoms with van der Waals surface area (Å²) in [5, 5.41) is 20.6. The number of hydrogen-bond acceptors (Lipinski definition) is 4. The Morgan fingerprint density at radius 3 is 1.31 bits per heavy atom. The van der Waals surface area contributed by atoms with Crippen molar-refractivity contribution in [2.24, 2.45) is 0 Å². The Labute approximate surface area is 350 Å². The summed E-state index contributed by atoms with van der Waals surface area (Å²) in [5.41, 5.74) is 8.27. The molecule has 2 aromatic heterocycles. The van der Waals surface area contributed by atoms with Gasteiger partial charge in [0.2, 0.25) is 0 Å². The minimum atomic E-state index is -0.998. The number of carboxylic acids is 1. The number of benzene rings is 7. The molecule has 2 heterocycles. The minimum absolute atomic E-state index is 0.131. The molecule has 9 aromatic rings. The summed E-state index contributed by atoms with van der Waals surface area (Å²) in [5.74, 6) is -1.42. The SMILES string of the molecule is O=C(O)CC(c1ccccc1)c1cc([As]C(c2ccccc2)(c2ccccc2)c2ccccc2)nc2c1nnn2C(c1ccccc1)(c1ccccc1)c1ccccc1. The van der Waals surface area contributed by atoms with Crippen LogP contribution in [0.4, 0.5) is 0 Å². The van der Waals surface area contributed by atoms with Crippen LogP contribution in [-0.2, 0) is 14.5 Å². The van der Waals surface area contributed by atoms with Crippen LogP contribution in [0.2, 0.25) is 0 Å². The maximum atomic E-state index is 12.8. The van der Waals surface area contributed by atoms with Gasteiger partial charge in [-0.05, 0) is 0 Å². The average molecular weight is 828 g/mol. The van der Waals surface area contributed by atoms with Crippen molar-refractivity contribution in [1.29, 1.82) is 0 Å². The van der Waals surface area contributed by atoms with E-state index in [2.05, 4.69) is 170 Å². The molecule has 0 spiro atoms. The summed E-state index contributed by atoms with van der Waals surface area (Å²) in [6.45, 7) is 0. The summed E-state index contributed by atoms with van der Waals surface area (Å²) >= 11 is -0.864. The molecule has 7 heteroatoms. The van der Waals surface area contributed by atoms with Crippen LogP contribution in [-0.4, -0.2) is 46.8 Å². The summed E-state index contributed by atoms with van der Waals surface area (Å²) < 4.78 is 2.27. The van der Waals surface area contributed by atoms with E-state index in [0.717, 1.165) is 49.0 Å². The molecule has 6 nitrogen and oxygen atoms in total. The van der Waals surface area contributed by atoms with E-state index >= 15 is 0 Å². The second kappa shape index (κ2) is 16.5. The molecule has 59 heavy (non-hydrogen) atoms. The molecular weight excluding hydrogens is 788 g/mol. The third-order valence-corrected chi connectivity index (χ3v) is 14.4. The van der Waals surface area contributed by atoms with Gasteiger partial charge < -0.3 is 0 Å². The van der Waals surface area contributed by atoms with Crippen LogP contribution in [0.15, 0.2) is 218 Å². The molecular formula is C52H40AsN4O2. The fraction of sp³-hybridized carbons (Fsp3) is 0.0769. The van der Waals surface area contributed by atoms with E-state index in [1.54, 1.807) is 0 Å². The number of hydrogen-bond donors (Lipinski definition) is 1. The number of pyridine rings is 1. The number of aliphatic carboxylic acids is 1. The Bertz CT molecular complexity index is 2590. The van der Waals surface area contributed by atoms with Crippen molar-refractivity contribution in [2.45, 2.75) is 22.1 Å². The molecule has 0 aliphatic carbocycles. The third-order valence-electron chi connectivity index (χ3n) is 11.1. The first kappa shape index (κ1) is 37.7. The number of carbonyl (C=O) groups is 1. The molecule has 0 saturated carbocycles. The molecule has 9 rings (SSSR count). The molecule has 0 fully saturated rings. The van der Waals surface area contributed by atoms with Crippen LogP contribution in [0.25, 0.3) is 11.2 Å². The van der Waals surface area contributed by atoms with Gasteiger partial charge in [-0.2, -0.15) is 0 Å². The molecule has 0 saturated heterocycles. The van der Waals surface area contributed by atoms with Gasteiger partial charge in [-0.3, -0.25) is 0 Å². The fourth-order valence-electron chi connectivity index (χ4n) is 8.54. The van der Waals surface area contributed by atoms with Crippen molar-refractivity contribution >= 4 is 37.4 Å². The van der Waals surface area contributed by atoms with Gasteiger partial charge in [0.15, 0.2) is 0 Å². The number of fused-ring (bicyclic) bond motifs is 1. The Morgan fingerprint density at radius 2 is 0.915 bits per heavy atom. The van der Waals surface area contributed by atoms with Crippen LogP contribution in [0, 0.1) is 0 Å². The molecule has 1 N–H and O–H groups in total. The molecule has 1 radical (unpaired) electrons. The molecule has 0 amide bonds. The van der Waals surface area contributed by atoms with Crippen molar-refractivity contribution in [1.82, 2.24) is 20.0 Å². The molecule has 7 aromatic carbocycles. The first-order chi connectivity index (χ1) is 29.1. The van der Waals surface area contributed by atoms with Crippen molar-refractivity contribution in [3.8, 4) is 0 Å². The van der Waals surface area contributed by atoms with Crippen LogP contribution in [0.1, 0.15) is 56.8 Å². The molecule has 1 unspecified atom stereocenters. The molecule has 0 bridgehead atoms. The molecule has 285 valence electrons. The summed E-state index contributed by atoms with van der Waals surface area (Å²) in [6, 6.07) is 75.2. The van der Waals surface area contributed by atoms with Crippen LogP contribution >= 0.6 is 0 Å². The van der Waals surface area contributed by atoms with Gasteiger partial charge in [0.25, 0.3) is 0 Å². The van der Waals surface area contributed by atoms with E-state index in [4.69, 9.17) is 15.3 Å². The van der Waals surface area contributed by atoms with Gasteiger partial charge in [0, 0.05) is 0 Å². The van der Waals surface area contributed by atoms with Gasteiger partial charge in [-0.15, -0.1) is 0 Å². The zero-order valence-corrected chi connectivity index (χ0v) is 34.0. The number of rotatable bonds is 13. The van der Waals surface area contributed by atoms with E-state index in [-0.39, 0.29) is 6.42 Å². The van der Waals surface area contributed by atoms with E-state index in [0.29, 0.717) is 11.2 Å². The maximum absolute atomic E-state index is 12.8. The Balaban J connectivity index is 1.40. The first-order valence-electron chi connectivity index (χ1n) is 19.7. The zero-order chi connectivity index (χ0) is 40.1. The zero-order valence-electron chi connectivity index (χ0n) is 32.2. The van der Waals surface area contributed by atoms with Crippen LogP contribution in [0.5, 0.6) is 0 Å². The fourth-order valence-corrected chi connectivity index (χ4v) is 11.7. The third kappa shape index (κ3) is 6.96. The first-order valence-corrected chi connectivity index (χ1v) is 21.6. The summed E-state index contributed by atoms with van der Waals surface area (Å²) in [4.78, 5) is 18.5. The standard InChI is InChI=1S/C52H40AsN4O2/c58-48(59)37-45(38-22-8-1-9-23-38)46-36-47(53-51(39-24-10-2-11-25-39,40-26-12-3-13-27-40)41-28-14-4-15-29-41)54-50-49(46)55-56-57(50)52(42-30-16-5-17-31-42,43-32-18-6-19-33-43)44-34-20-7-21-35-44/h1-36,45H,37H2,(H,58,59). The quantitative estimate of drug-likeness (QED) is 0.0926. The average Bonchev–Trinajstić information content (AvgIpc) is 3.74. The molecule has 0 aliphatic rings. The second-order valence-corrected chi connectivity index (χ2v) is 17.4. The normalized spacial score (nSPS) is 12.5. The van der Waals surface area contributed by atoms with E-state index in [1.165, 1.54) is 0 Å². The number of aromatic nitrogens is 4. The van der Waals surface area contributed by atoms with Crippen LogP contribution < -0.4 is 4.48 Å². The van der Waals surface area contributed by atoms with Gasteiger partial charge in [-0.25, -0.2) is 0 Å². The van der Waals surface area contributed by atoms with Gasteiger partial charge in [0.05, 0.1) is 0 Å². The van der Waals surface area contributed by atoms with Gasteiger partial charge >= 0.3 is 352 Å². The Hall–Kier alpha value is -6.88. The van der Waals surface area contributed by atoms with Crippen molar-refractivity contribution in [3.05, 3.63) is 263 Å². The van der Waals surface area contributed by atoms with Crippen molar-refractivity contribution in [2.75, 3.05) is 0 Å². The second-order valence-electron chi connectivity index (χ2n) is 14.5. The number of carboxylic acid groups (broad SMARTS) is 1. The summed E-state index contributed by atoms with van der Waals surface area (Å²) in [6.07, 6.45) is -0.131. The molecule has 0 aliphatic heterocycles. The van der Waals surface area contributed by atoms with Crippen molar-refractivity contribution in [3.63, 3.8) is 0 Å².